The Morgan fingerprint density at radius 1 is 1.29 bits per heavy atom. The molecule has 0 radical (unpaired) electrons. The van der Waals surface area contributed by atoms with E-state index in [-0.39, 0.29) is 5.69 Å². The molecule has 0 fully saturated rings. The molecule has 0 bridgehead atoms. The van der Waals surface area contributed by atoms with Crippen molar-refractivity contribution in [2.45, 2.75) is 26.4 Å². The second-order valence-electron chi connectivity index (χ2n) is 4.51. The number of halogens is 2. The van der Waals surface area contributed by atoms with E-state index >= 15 is 0 Å². The lowest BCUT2D eigenvalue weighted by Crippen LogP contribution is -2.34. The van der Waals surface area contributed by atoms with E-state index in [0.717, 1.165) is 17.0 Å². The molecule has 1 aromatic rings. The van der Waals surface area contributed by atoms with Crippen molar-refractivity contribution < 1.29 is 18.3 Å². The van der Waals surface area contributed by atoms with Crippen LogP contribution >= 0.6 is 0 Å². The van der Waals surface area contributed by atoms with E-state index < -0.39 is 23.6 Å². The fraction of sp³-hybridized carbons (Fsp3) is 0.455. The summed E-state index contributed by atoms with van der Waals surface area (Å²) in [6.07, 6.45) is -0.692. The van der Waals surface area contributed by atoms with Crippen LogP contribution in [0, 0.1) is 11.9 Å². The third kappa shape index (κ3) is 3.97. The molecule has 0 spiro atoms. The van der Waals surface area contributed by atoms with Crippen molar-refractivity contribution in [2.75, 3.05) is 11.9 Å². The third-order valence-electron chi connectivity index (χ3n) is 1.80. The first-order valence-corrected chi connectivity index (χ1v) is 4.99. The summed E-state index contributed by atoms with van der Waals surface area (Å²) in [4.78, 5) is 15.6. The summed E-state index contributed by atoms with van der Waals surface area (Å²) < 4.78 is 30.8. The zero-order valence-corrected chi connectivity index (χ0v) is 10.1. The molecule has 0 aliphatic heterocycles. The van der Waals surface area contributed by atoms with Gasteiger partial charge in [-0.3, -0.25) is 4.90 Å². The summed E-state index contributed by atoms with van der Waals surface area (Å²) in [6.45, 7) is 5.10. The maximum Gasteiger partial charge on any atom is 0.414 e. The maximum atomic E-state index is 12.9. The average molecular weight is 244 g/mol. The molecule has 0 N–H and O–H groups in total. The smallest absolute Gasteiger partial charge is 0.414 e. The number of aromatic nitrogens is 1. The first kappa shape index (κ1) is 13.3. The number of hydrogen-bond donors (Lipinski definition) is 0. The van der Waals surface area contributed by atoms with Crippen molar-refractivity contribution in [1.29, 1.82) is 0 Å². The van der Waals surface area contributed by atoms with Gasteiger partial charge in [-0.25, -0.2) is 4.79 Å². The zero-order valence-electron chi connectivity index (χ0n) is 10.1. The van der Waals surface area contributed by atoms with Gasteiger partial charge in [0.15, 0.2) is 0 Å². The molecule has 6 heteroatoms. The lowest BCUT2D eigenvalue weighted by molar-refractivity contribution is 0.0589. The Labute approximate surface area is 98.2 Å². The van der Waals surface area contributed by atoms with Gasteiger partial charge in [-0.1, -0.05) is 0 Å². The quantitative estimate of drug-likeness (QED) is 0.713. The van der Waals surface area contributed by atoms with Crippen LogP contribution in [0.1, 0.15) is 20.8 Å². The molecule has 0 unspecified atom stereocenters. The molecule has 1 amide bonds. The van der Waals surface area contributed by atoms with Crippen molar-refractivity contribution in [2.24, 2.45) is 0 Å². The molecule has 1 aromatic heterocycles. The zero-order chi connectivity index (χ0) is 13.2. The van der Waals surface area contributed by atoms with E-state index in [4.69, 9.17) is 4.74 Å². The number of anilines is 1. The van der Waals surface area contributed by atoms with Gasteiger partial charge < -0.3 is 4.74 Å². The number of rotatable bonds is 1. The van der Waals surface area contributed by atoms with Crippen LogP contribution in [0.2, 0.25) is 0 Å². The van der Waals surface area contributed by atoms with Crippen LogP contribution in [-0.2, 0) is 4.74 Å². The number of nitrogens with zero attached hydrogens (tertiary/aromatic N) is 2. The molecular formula is C11H14F2N2O2. The van der Waals surface area contributed by atoms with Crippen molar-refractivity contribution in [3.05, 3.63) is 24.0 Å². The van der Waals surface area contributed by atoms with Crippen molar-refractivity contribution in [3.8, 4) is 0 Å². The minimum atomic E-state index is -0.990. The summed E-state index contributed by atoms with van der Waals surface area (Å²) in [6, 6.07) is 1.90. The van der Waals surface area contributed by atoms with E-state index in [0.29, 0.717) is 0 Å². The van der Waals surface area contributed by atoms with Crippen LogP contribution in [-0.4, -0.2) is 23.7 Å². The van der Waals surface area contributed by atoms with E-state index in [9.17, 15) is 13.6 Å². The Kier molecular flexibility index (Phi) is 3.65. The number of amides is 1. The SMILES string of the molecule is CN(C(=O)OC(C)(C)C)c1cc(F)nc(F)c1. The van der Waals surface area contributed by atoms with E-state index in [2.05, 4.69) is 4.98 Å². The van der Waals surface area contributed by atoms with E-state index in [1.807, 2.05) is 0 Å². The lowest BCUT2D eigenvalue weighted by Gasteiger charge is -2.24. The Morgan fingerprint density at radius 2 is 1.76 bits per heavy atom. The largest absolute Gasteiger partial charge is 0.443 e. The molecule has 0 aliphatic carbocycles. The highest BCUT2D eigenvalue weighted by Crippen LogP contribution is 2.17. The molecule has 17 heavy (non-hydrogen) atoms. The van der Waals surface area contributed by atoms with Crippen molar-refractivity contribution >= 4 is 11.8 Å². The molecule has 0 saturated heterocycles. The van der Waals surface area contributed by atoms with Crippen LogP contribution in [0.15, 0.2) is 12.1 Å². The molecular weight excluding hydrogens is 230 g/mol. The minimum Gasteiger partial charge on any atom is -0.443 e. The van der Waals surface area contributed by atoms with Gasteiger partial charge in [0, 0.05) is 19.2 Å². The Morgan fingerprint density at radius 3 is 2.18 bits per heavy atom. The van der Waals surface area contributed by atoms with Gasteiger partial charge in [0.25, 0.3) is 0 Å². The monoisotopic (exact) mass is 244 g/mol. The van der Waals surface area contributed by atoms with E-state index in [1.165, 1.54) is 7.05 Å². The Hall–Kier alpha value is -1.72. The third-order valence-corrected chi connectivity index (χ3v) is 1.80. The minimum absolute atomic E-state index is 0.0456. The Bertz CT molecular complexity index is 410. The van der Waals surface area contributed by atoms with Crippen LogP contribution in [0.25, 0.3) is 0 Å². The van der Waals surface area contributed by atoms with Gasteiger partial charge in [0.2, 0.25) is 11.9 Å². The topological polar surface area (TPSA) is 42.4 Å². The number of hydrogen-bond acceptors (Lipinski definition) is 3. The van der Waals surface area contributed by atoms with Gasteiger partial charge in [0.05, 0.1) is 5.69 Å². The van der Waals surface area contributed by atoms with Crippen molar-refractivity contribution in [3.63, 3.8) is 0 Å². The molecule has 94 valence electrons. The number of carbonyl (C=O) groups is 1. The first-order valence-electron chi connectivity index (χ1n) is 4.99. The van der Waals surface area contributed by atoms with Gasteiger partial charge in [-0.15, -0.1) is 0 Å². The van der Waals surface area contributed by atoms with Crippen LogP contribution in [0.5, 0.6) is 0 Å². The average Bonchev–Trinajstić information content (AvgIpc) is 2.12. The van der Waals surface area contributed by atoms with Crippen molar-refractivity contribution in [1.82, 2.24) is 4.98 Å². The highest BCUT2D eigenvalue weighted by molar-refractivity contribution is 5.87. The van der Waals surface area contributed by atoms with Crippen LogP contribution in [0.4, 0.5) is 19.3 Å². The van der Waals surface area contributed by atoms with Crippen LogP contribution < -0.4 is 4.90 Å². The summed E-state index contributed by atoms with van der Waals surface area (Å²) in [5, 5.41) is 0. The summed E-state index contributed by atoms with van der Waals surface area (Å²) >= 11 is 0. The predicted octanol–water partition coefficient (Wildman–Crippen LogP) is 2.73. The van der Waals surface area contributed by atoms with E-state index in [1.54, 1.807) is 20.8 Å². The fourth-order valence-electron chi connectivity index (χ4n) is 1.08. The molecule has 0 atom stereocenters. The summed E-state index contributed by atoms with van der Waals surface area (Å²) in [7, 11) is 1.36. The Balaban J connectivity index is 2.89. The second kappa shape index (κ2) is 4.65. The molecule has 1 heterocycles. The standard InChI is InChI=1S/C11H14F2N2O2/c1-11(2,3)17-10(16)15(4)7-5-8(12)14-9(13)6-7/h5-6H,1-4H3. The second-order valence-corrected chi connectivity index (χ2v) is 4.51. The predicted molar refractivity (Wildman–Crippen MR) is 58.8 cm³/mol. The summed E-state index contributed by atoms with van der Waals surface area (Å²) in [5.41, 5.74) is -0.626. The number of carbonyl (C=O) groups excluding carboxylic acids is 1. The molecule has 4 nitrogen and oxygen atoms in total. The number of ether oxygens (including phenoxy) is 1. The number of pyridine rings is 1. The van der Waals surface area contributed by atoms with Crippen LogP contribution in [0.3, 0.4) is 0 Å². The normalized spacial score (nSPS) is 11.2. The highest BCUT2D eigenvalue weighted by Gasteiger charge is 2.21. The van der Waals surface area contributed by atoms with Gasteiger partial charge in [-0.05, 0) is 20.8 Å². The fourth-order valence-corrected chi connectivity index (χ4v) is 1.08. The molecule has 0 aliphatic rings. The lowest BCUT2D eigenvalue weighted by atomic mass is 10.2. The highest BCUT2D eigenvalue weighted by atomic mass is 19.1. The van der Waals surface area contributed by atoms with Gasteiger partial charge >= 0.3 is 6.09 Å². The maximum absolute atomic E-state index is 12.9. The summed E-state index contributed by atoms with van der Waals surface area (Å²) in [5.74, 6) is -1.98. The van der Waals surface area contributed by atoms with Gasteiger partial charge in [-0.2, -0.15) is 13.8 Å². The van der Waals surface area contributed by atoms with Gasteiger partial charge in [0.1, 0.15) is 5.60 Å². The molecule has 0 aromatic carbocycles. The molecule has 1 rings (SSSR count). The molecule has 0 saturated carbocycles. The first-order chi connectivity index (χ1) is 7.69.